The molecule has 0 aromatic heterocycles. The molecule has 0 heterocycles. The van der Waals surface area contributed by atoms with Crippen LogP contribution in [0.2, 0.25) is 5.02 Å². The van der Waals surface area contributed by atoms with Crippen molar-refractivity contribution in [2.75, 3.05) is 7.11 Å². The van der Waals surface area contributed by atoms with Crippen LogP contribution in [0.5, 0.6) is 0 Å². The highest BCUT2D eigenvalue weighted by molar-refractivity contribution is 6.31. The molecule has 0 unspecified atom stereocenters. The van der Waals surface area contributed by atoms with E-state index >= 15 is 0 Å². The Morgan fingerprint density at radius 3 is 2.85 bits per heavy atom. The molecule has 3 nitrogen and oxygen atoms in total. The van der Waals surface area contributed by atoms with Crippen molar-refractivity contribution in [3.63, 3.8) is 0 Å². The fraction of sp³-hybridized carbons (Fsp3) is 0.222. The van der Waals surface area contributed by atoms with Crippen molar-refractivity contribution in [3.8, 4) is 0 Å². The maximum Gasteiger partial charge on any atom is 0.407 e. The van der Waals surface area contributed by atoms with Crippen LogP contribution >= 0.6 is 11.6 Å². The van der Waals surface area contributed by atoms with E-state index < -0.39 is 6.09 Å². The Labute approximate surface area is 81.7 Å². The lowest BCUT2D eigenvalue weighted by Crippen LogP contribution is -2.22. The molecule has 0 aliphatic heterocycles. The molecule has 0 bridgehead atoms. The molecule has 0 radical (unpaired) electrons. The van der Waals surface area contributed by atoms with Gasteiger partial charge < -0.3 is 10.1 Å². The number of hydrogen-bond donors (Lipinski definition) is 1. The second-order valence-corrected chi connectivity index (χ2v) is 2.84. The average molecular weight is 200 g/mol. The summed E-state index contributed by atoms with van der Waals surface area (Å²) in [6, 6.07) is 7.32. The number of benzene rings is 1. The molecule has 1 rings (SSSR count). The lowest BCUT2D eigenvalue weighted by Gasteiger charge is -2.04. The van der Waals surface area contributed by atoms with E-state index in [9.17, 15) is 4.79 Å². The Bertz CT molecular complexity index is 301. The first-order valence-corrected chi connectivity index (χ1v) is 4.17. The molecule has 0 saturated carbocycles. The third-order valence-corrected chi connectivity index (χ3v) is 1.94. The minimum atomic E-state index is -0.458. The van der Waals surface area contributed by atoms with Gasteiger partial charge >= 0.3 is 6.09 Å². The zero-order valence-corrected chi connectivity index (χ0v) is 7.97. The van der Waals surface area contributed by atoms with Crippen LogP contribution in [0, 0.1) is 0 Å². The molecular formula is C9H10ClNO2. The summed E-state index contributed by atoms with van der Waals surface area (Å²) >= 11 is 5.86. The Morgan fingerprint density at radius 2 is 2.23 bits per heavy atom. The standard InChI is InChI=1S/C9H10ClNO2/c1-13-9(12)11-6-7-4-2-3-5-8(7)10/h2-5H,6H2,1H3,(H,11,12). The molecule has 0 saturated heterocycles. The highest BCUT2D eigenvalue weighted by Crippen LogP contribution is 2.14. The lowest BCUT2D eigenvalue weighted by atomic mass is 10.2. The van der Waals surface area contributed by atoms with Crippen molar-refractivity contribution in [1.29, 1.82) is 0 Å². The van der Waals surface area contributed by atoms with Gasteiger partial charge in [-0.3, -0.25) is 0 Å². The van der Waals surface area contributed by atoms with Crippen molar-refractivity contribution in [3.05, 3.63) is 34.9 Å². The van der Waals surface area contributed by atoms with Crippen LogP contribution in [0.4, 0.5) is 4.79 Å². The molecule has 1 amide bonds. The van der Waals surface area contributed by atoms with Gasteiger partial charge in [0.2, 0.25) is 0 Å². The number of halogens is 1. The number of nitrogens with one attached hydrogen (secondary N) is 1. The summed E-state index contributed by atoms with van der Waals surface area (Å²) in [5.41, 5.74) is 0.870. The van der Waals surface area contributed by atoms with Crippen LogP contribution in [-0.4, -0.2) is 13.2 Å². The molecular weight excluding hydrogens is 190 g/mol. The maximum absolute atomic E-state index is 10.7. The summed E-state index contributed by atoms with van der Waals surface area (Å²) in [5, 5.41) is 3.18. The monoisotopic (exact) mass is 199 g/mol. The smallest absolute Gasteiger partial charge is 0.407 e. The Hall–Kier alpha value is -1.22. The van der Waals surface area contributed by atoms with Crippen LogP contribution < -0.4 is 5.32 Å². The summed E-state index contributed by atoms with van der Waals surface area (Å²) in [5.74, 6) is 0. The van der Waals surface area contributed by atoms with Crippen molar-refractivity contribution in [2.24, 2.45) is 0 Å². The van der Waals surface area contributed by atoms with Gasteiger partial charge in [-0.2, -0.15) is 0 Å². The first-order chi connectivity index (χ1) is 6.24. The second kappa shape index (κ2) is 4.72. The molecule has 1 aromatic carbocycles. The van der Waals surface area contributed by atoms with E-state index in [2.05, 4.69) is 10.1 Å². The first kappa shape index (κ1) is 9.86. The number of amides is 1. The van der Waals surface area contributed by atoms with E-state index in [1.165, 1.54) is 7.11 Å². The van der Waals surface area contributed by atoms with Crippen LogP contribution in [-0.2, 0) is 11.3 Å². The Kier molecular flexibility index (Phi) is 3.58. The predicted octanol–water partition coefficient (Wildman–Crippen LogP) is 2.20. The van der Waals surface area contributed by atoms with Crippen LogP contribution in [0.25, 0.3) is 0 Å². The summed E-state index contributed by atoms with van der Waals surface area (Å²) in [4.78, 5) is 10.7. The normalized spacial score (nSPS) is 9.38. The molecule has 13 heavy (non-hydrogen) atoms. The molecule has 0 atom stereocenters. The number of ether oxygens (including phenoxy) is 1. The number of rotatable bonds is 2. The maximum atomic E-state index is 10.7. The van der Waals surface area contributed by atoms with Crippen LogP contribution in [0.1, 0.15) is 5.56 Å². The van der Waals surface area contributed by atoms with Crippen molar-refractivity contribution in [2.45, 2.75) is 6.54 Å². The fourth-order valence-corrected chi connectivity index (χ4v) is 1.08. The topological polar surface area (TPSA) is 38.3 Å². The van der Waals surface area contributed by atoms with E-state index in [0.717, 1.165) is 5.56 Å². The highest BCUT2D eigenvalue weighted by Gasteiger charge is 2.01. The zero-order chi connectivity index (χ0) is 9.68. The Balaban J connectivity index is 2.54. The van der Waals surface area contributed by atoms with Crippen molar-refractivity contribution < 1.29 is 9.53 Å². The summed E-state index contributed by atoms with van der Waals surface area (Å²) in [6.07, 6.45) is -0.458. The van der Waals surface area contributed by atoms with E-state index in [1.807, 2.05) is 18.2 Å². The van der Waals surface area contributed by atoms with E-state index in [0.29, 0.717) is 11.6 Å². The SMILES string of the molecule is COC(=O)NCc1ccccc1Cl. The molecule has 1 aromatic rings. The van der Waals surface area contributed by atoms with Gasteiger partial charge in [0.15, 0.2) is 0 Å². The number of alkyl carbamates (subject to hydrolysis) is 1. The molecule has 1 N–H and O–H groups in total. The van der Waals surface area contributed by atoms with Crippen LogP contribution in [0.15, 0.2) is 24.3 Å². The van der Waals surface area contributed by atoms with Gasteiger partial charge in [-0.15, -0.1) is 0 Å². The predicted molar refractivity (Wildman–Crippen MR) is 50.7 cm³/mol. The number of carbonyl (C=O) groups excluding carboxylic acids is 1. The third-order valence-electron chi connectivity index (χ3n) is 1.57. The lowest BCUT2D eigenvalue weighted by molar-refractivity contribution is 0.170. The quantitative estimate of drug-likeness (QED) is 0.793. The van der Waals surface area contributed by atoms with Crippen LogP contribution in [0.3, 0.4) is 0 Å². The van der Waals surface area contributed by atoms with E-state index in [1.54, 1.807) is 6.07 Å². The third kappa shape index (κ3) is 2.95. The van der Waals surface area contributed by atoms with Crippen molar-refractivity contribution >= 4 is 17.7 Å². The fourth-order valence-electron chi connectivity index (χ4n) is 0.881. The number of hydrogen-bond acceptors (Lipinski definition) is 2. The largest absolute Gasteiger partial charge is 0.453 e. The summed E-state index contributed by atoms with van der Waals surface area (Å²) in [7, 11) is 1.32. The summed E-state index contributed by atoms with van der Waals surface area (Å²) in [6.45, 7) is 0.381. The second-order valence-electron chi connectivity index (χ2n) is 2.44. The van der Waals surface area contributed by atoms with Gasteiger partial charge in [0.1, 0.15) is 0 Å². The molecule has 0 aliphatic carbocycles. The van der Waals surface area contributed by atoms with Gasteiger partial charge in [-0.25, -0.2) is 4.79 Å². The van der Waals surface area contributed by atoms with Gasteiger partial charge in [0.25, 0.3) is 0 Å². The summed E-state index contributed by atoms with van der Waals surface area (Å²) < 4.78 is 4.42. The molecule has 0 fully saturated rings. The van der Waals surface area contributed by atoms with Gasteiger partial charge in [-0.05, 0) is 11.6 Å². The molecule has 0 spiro atoms. The van der Waals surface area contributed by atoms with E-state index in [4.69, 9.17) is 11.6 Å². The van der Waals surface area contributed by atoms with Gasteiger partial charge in [0, 0.05) is 11.6 Å². The van der Waals surface area contributed by atoms with Gasteiger partial charge in [-0.1, -0.05) is 29.8 Å². The zero-order valence-electron chi connectivity index (χ0n) is 7.21. The minimum Gasteiger partial charge on any atom is -0.453 e. The Morgan fingerprint density at radius 1 is 1.54 bits per heavy atom. The molecule has 4 heteroatoms. The number of methoxy groups -OCH3 is 1. The molecule has 70 valence electrons. The molecule has 0 aliphatic rings. The number of carbonyl (C=O) groups is 1. The average Bonchev–Trinajstić information content (AvgIpc) is 2.16. The van der Waals surface area contributed by atoms with Gasteiger partial charge in [0.05, 0.1) is 7.11 Å². The van der Waals surface area contributed by atoms with Crippen molar-refractivity contribution in [1.82, 2.24) is 5.32 Å². The highest BCUT2D eigenvalue weighted by atomic mass is 35.5. The first-order valence-electron chi connectivity index (χ1n) is 3.79. The minimum absolute atomic E-state index is 0.381. The van der Waals surface area contributed by atoms with E-state index in [-0.39, 0.29) is 0 Å².